The van der Waals surface area contributed by atoms with E-state index in [1.807, 2.05) is 0 Å². The van der Waals surface area contributed by atoms with Crippen molar-refractivity contribution in [3.8, 4) is 0 Å². The maximum absolute atomic E-state index is 10.9. The van der Waals surface area contributed by atoms with Crippen molar-refractivity contribution >= 4 is 10.4 Å². The van der Waals surface area contributed by atoms with E-state index in [4.69, 9.17) is 8.37 Å². The van der Waals surface area contributed by atoms with Gasteiger partial charge in [-0.3, -0.25) is 0 Å². The Labute approximate surface area is 97.6 Å². The van der Waals surface area contributed by atoms with Gasteiger partial charge >= 0.3 is 10.4 Å². The first kappa shape index (κ1) is 12.3. The summed E-state index contributed by atoms with van der Waals surface area (Å²) in [4.78, 5) is 0. The van der Waals surface area contributed by atoms with Crippen LogP contribution in [-0.2, 0) is 18.8 Å². The first-order chi connectivity index (χ1) is 7.61. The van der Waals surface area contributed by atoms with Gasteiger partial charge in [0.2, 0.25) is 0 Å². The van der Waals surface area contributed by atoms with E-state index in [9.17, 15) is 8.42 Å². The molecule has 0 amide bonds. The average Bonchev–Trinajstić information content (AvgIpc) is 2.29. The van der Waals surface area contributed by atoms with Gasteiger partial charge in [-0.2, -0.15) is 8.42 Å². The zero-order chi connectivity index (χ0) is 11.6. The lowest BCUT2D eigenvalue weighted by Gasteiger charge is -2.34. The van der Waals surface area contributed by atoms with E-state index in [-0.39, 0.29) is 5.92 Å². The Morgan fingerprint density at radius 1 is 1.00 bits per heavy atom. The lowest BCUT2D eigenvalue weighted by molar-refractivity contribution is 0.0511. The number of hydrogen-bond acceptors (Lipinski definition) is 4. The normalized spacial score (nSPS) is 36.1. The highest BCUT2D eigenvalue weighted by Gasteiger charge is 2.33. The zero-order valence-corrected chi connectivity index (χ0v) is 10.5. The van der Waals surface area contributed by atoms with E-state index in [2.05, 4.69) is 6.92 Å². The van der Waals surface area contributed by atoms with E-state index in [1.54, 1.807) is 0 Å². The molecular formula is C11H20O4S. The van der Waals surface area contributed by atoms with Crippen molar-refractivity contribution < 1.29 is 16.8 Å². The van der Waals surface area contributed by atoms with Crippen LogP contribution in [0.1, 0.15) is 39.0 Å². The minimum absolute atomic E-state index is 0.265. The molecule has 1 saturated heterocycles. The maximum Gasteiger partial charge on any atom is 0.399 e. The molecule has 0 N–H and O–H groups in total. The predicted octanol–water partition coefficient (Wildman–Crippen LogP) is 2.11. The van der Waals surface area contributed by atoms with Gasteiger partial charge in [-0.25, -0.2) is 8.37 Å². The monoisotopic (exact) mass is 248 g/mol. The molecule has 0 spiro atoms. The number of rotatable bonds is 2. The molecule has 94 valence electrons. The molecule has 0 aromatic heterocycles. The van der Waals surface area contributed by atoms with Gasteiger partial charge in [-0.1, -0.05) is 26.2 Å². The number of hydrogen-bond donors (Lipinski definition) is 0. The molecule has 0 radical (unpaired) electrons. The molecule has 16 heavy (non-hydrogen) atoms. The molecule has 5 heteroatoms. The highest BCUT2D eigenvalue weighted by atomic mass is 32.3. The second-order valence-corrected chi connectivity index (χ2v) is 6.21. The highest BCUT2D eigenvalue weighted by molar-refractivity contribution is 7.81. The standard InChI is InChI=1S/C11H20O4S/c1-2-9-3-5-10(6-4-9)11-7-14-16(12,13)15-8-11/h9-11H,2-8H2,1H3. The third kappa shape index (κ3) is 2.96. The Morgan fingerprint density at radius 3 is 2.06 bits per heavy atom. The van der Waals surface area contributed by atoms with Crippen molar-refractivity contribution in [3.05, 3.63) is 0 Å². The summed E-state index contributed by atoms with van der Waals surface area (Å²) in [5.41, 5.74) is 0. The van der Waals surface area contributed by atoms with E-state index in [0.717, 1.165) is 5.92 Å². The van der Waals surface area contributed by atoms with Crippen LogP contribution < -0.4 is 0 Å². The largest absolute Gasteiger partial charge is 0.399 e. The molecule has 0 aromatic rings. The van der Waals surface area contributed by atoms with Gasteiger partial charge in [0.05, 0.1) is 13.2 Å². The van der Waals surface area contributed by atoms with E-state index < -0.39 is 10.4 Å². The fourth-order valence-electron chi connectivity index (χ4n) is 2.76. The summed E-state index contributed by atoms with van der Waals surface area (Å²) in [5.74, 6) is 1.71. The first-order valence-electron chi connectivity index (χ1n) is 6.14. The first-order valence-corrected chi connectivity index (χ1v) is 7.48. The summed E-state index contributed by atoms with van der Waals surface area (Å²) in [6.07, 6.45) is 6.18. The minimum Gasteiger partial charge on any atom is -0.248 e. The van der Waals surface area contributed by atoms with Crippen LogP contribution in [0.25, 0.3) is 0 Å². The molecule has 1 aliphatic heterocycles. The van der Waals surface area contributed by atoms with Crippen LogP contribution >= 0.6 is 0 Å². The summed E-state index contributed by atoms with van der Waals surface area (Å²) in [6.45, 7) is 2.86. The van der Waals surface area contributed by atoms with Gasteiger partial charge in [-0.15, -0.1) is 0 Å². The van der Waals surface area contributed by atoms with Crippen LogP contribution in [-0.4, -0.2) is 21.6 Å². The van der Waals surface area contributed by atoms with Crippen molar-refractivity contribution in [2.75, 3.05) is 13.2 Å². The van der Waals surface area contributed by atoms with Crippen LogP contribution in [0.5, 0.6) is 0 Å². The SMILES string of the molecule is CCC1CCC(C2COS(=O)(=O)OC2)CC1. The van der Waals surface area contributed by atoms with Crippen LogP contribution in [0.4, 0.5) is 0 Å². The molecule has 2 aliphatic rings. The van der Waals surface area contributed by atoms with Crippen LogP contribution in [0, 0.1) is 17.8 Å². The summed E-state index contributed by atoms with van der Waals surface area (Å²) < 4.78 is 31.3. The molecule has 1 aliphatic carbocycles. The van der Waals surface area contributed by atoms with E-state index in [1.165, 1.54) is 32.1 Å². The molecule has 0 bridgehead atoms. The van der Waals surface area contributed by atoms with E-state index >= 15 is 0 Å². The van der Waals surface area contributed by atoms with Gasteiger partial charge in [0.1, 0.15) is 0 Å². The third-order valence-electron chi connectivity index (χ3n) is 3.99. The predicted molar refractivity (Wildman–Crippen MR) is 60.1 cm³/mol. The molecular weight excluding hydrogens is 228 g/mol. The molecule has 1 saturated carbocycles. The minimum atomic E-state index is -3.67. The lowest BCUT2D eigenvalue weighted by Crippen LogP contribution is -2.35. The Bertz CT molecular complexity index is 303. The Morgan fingerprint density at radius 2 is 1.56 bits per heavy atom. The van der Waals surface area contributed by atoms with Crippen molar-refractivity contribution in [2.24, 2.45) is 17.8 Å². The fraction of sp³-hybridized carbons (Fsp3) is 1.00. The fourth-order valence-corrected chi connectivity index (χ4v) is 3.51. The molecule has 1 heterocycles. The summed E-state index contributed by atoms with van der Waals surface area (Å²) >= 11 is 0. The molecule has 0 aromatic carbocycles. The molecule has 4 nitrogen and oxygen atoms in total. The van der Waals surface area contributed by atoms with E-state index in [0.29, 0.717) is 19.1 Å². The molecule has 0 unspecified atom stereocenters. The summed E-state index contributed by atoms with van der Waals surface area (Å²) in [5, 5.41) is 0. The molecule has 2 rings (SSSR count). The van der Waals surface area contributed by atoms with Gasteiger partial charge in [0, 0.05) is 5.92 Å². The topological polar surface area (TPSA) is 52.6 Å². The van der Waals surface area contributed by atoms with Crippen molar-refractivity contribution in [3.63, 3.8) is 0 Å². The summed E-state index contributed by atoms with van der Waals surface area (Å²) in [7, 11) is -3.67. The third-order valence-corrected chi connectivity index (χ3v) is 4.84. The second kappa shape index (κ2) is 5.02. The summed E-state index contributed by atoms with van der Waals surface area (Å²) in [6, 6.07) is 0. The molecule has 0 atom stereocenters. The average molecular weight is 248 g/mol. The smallest absolute Gasteiger partial charge is 0.248 e. The van der Waals surface area contributed by atoms with Gasteiger partial charge in [-0.05, 0) is 24.7 Å². The second-order valence-electron chi connectivity index (χ2n) is 4.93. The van der Waals surface area contributed by atoms with Gasteiger partial charge in [0.25, 0.3) is 0 Å². The lowest BCUT2D eigenvalue weighted by atomic mass is 9.75. The Balaban J connectivity index is 1.82. The maximum atomic E-state index is 10.9. The van der Waals surface area contributed by atoms with Gasteiger partial charge < -0.3 is 0 Å². The van der Waals surface area contributed by atoms with Crippen molar-refractivity contribution in [2.45, 2.75) is 39.0 Å². The Hall–Kier alpha value is -0.130. The van der Waals surface area contributed by atoms with Crippen molar-refractivity contribution in [1.29, 1.82) is 0 Å². The van der Waals surface area contributed by atoms with Gasteiger partial charge in [0.15, 0.2) is 0 Å². The van der Waals surface area contributed by atoms with Crippen LogP contribution in [0.15, 0.2) is 0 Å². The highest BCUT2D eigenvalue weighted by Crippen LogP contribution is 2.36. The van der Waals surface area contributed by atoms with Crippen LogP contribution in [0.2, 0.25) is 0 Å². The quantitative estimate of drug-likeness (QED) is 0.751. The zero-order valence-electron chi connectivity index (χ0n) is 9.72. The van der Waals surface area contributed by atoms with Crippen molar-refractivity contribution in [1.82, 2.24) is 0 Å². The Kier molecular flexibility index (Phi) is 3.87. The molecule has 2 fully saturated rings. The van der Waals surface area contributed by atoms with Crippen LogP contribution in [0.3, 0.4) is 0 Å².